The number of sulfonamides is 1. The Labute approximate surface area is 457 Å². The van der Waals surface area contributed by atoms with E-state index in [1.807, 2.05) is 37.4 Å². The molecular weight excluding hydrogens is 1010 g/mol. The number of rotatable bonds is 13. The summed E-state index contributed by atoms with van der Waals surface area (Å²) >= 11 is 0. The van der Waals surface area contributed by atoms with E-state index in [1.54, 1.807) is 6.07 Å². The van der Waals surface area contributed by atoms with Crippen molar-refractivity contribution in [3.05, 3.63) is 106 Å². The number of ether oxygens (including phenoxy) is 3. The molecule has 1 spiro atoms. The average molecular weight is 1090 g/mol. The first-order valence-electron chi connectivity index (χ1n) is 28.5. The lowest BCUT2D eigenvalue weighted by Gasteiger charge is -2.58. The van der Waals surface area contributed by atoms with E-state index in [-0.39, 0.29) is 28.6 Å². The third-order valence-corrected chi connectivity index (χ3v) is 20.0. The van der Waals surface area contributed by atoms with Crippen molar-refractivity contribution in [1.82, 2.24) is 24.5 Å². The maximum atomic E-state index is 14.8. The normalized spacial score (nSPS) is 27.0. The molecule has 12 rings (SSSR count). The molecule has 0 bridgehead atoms. The van der Waals surface area contributed by atoms with Crippen LogP contribution in [-0.2, 0) is 19.5 Å². The highest BCUT2D eigenvalue weighted by atomic mass is 32.2. The van der Waals surface area contributed by atoms with E-state index in [2.05, 4.69) is 72.7 Å². The Bertz CT molecular complexity index is 3140. The minimum atomic E-state index is -4.63. The molecule has 2 aromatic heterocycles. The number of nitro benzene ring substituents is 1. The molecule has 0 unspecified atom stereocenters. The zero-order chi connectivity index (χ0) is 53.9. The number of aromatic amines is 1. The van der Waals surface area contributed by atoms with E-state index in [9.17, 15) is 28.4 Å². The molecule has 4 N–H and O–H groups in total. The number of aliphatic hydroxyl groups is 1. The van der Waals surface area contributed by atoms with Crippen LogP contribution in [0.25, 0.3) is 11.0 Å². The van der Waals surface area contributed by atoms with Gasteiger partial charge in [-0.05, 0) is 148 Å². The van der Waals surface area contributed by atoms with Crippen molar-refractivity contribution in [3.8, 4) is 5.88 Å². The summed E-state index contributed by atoms with van der Waals surface area (Å²) in [5.74, 6) is 0.140. The number of piperidine rings is 2. The van der Waals surface area contributed by atoms with Gasteiger partial charge in [-0.3, -0.25) is 24.7 Å². The van der Waals surface area contributed by atoms with Gasteiger partial charge in [-0.25, -0.2) is 13.1 Å². The molecule has 5 aliphatic heterocycles. The minimum absolute atomic E-state index is 0.120. The van der Waals surface area contributed by atoms with Gasteiger partial charge in [0.1, 0.15) is 23.1 Å². The maximum Gasteiger partial charge on any atom is 0.293 e. The summed E-state index contributed by atoms with van der Waals surface area (Å²) in [5.41, 5.74) is 5.09. The van der Waals surface area contributed by atoms with Crippen LogP contribution in [0.15, 0.2) is 83.9 Å². The van der Waals surface area contributed by atoms with Gasteiger partial charge in [0.25, 0.3) is 21.6 Å². The number of pyridine rings is 1. The number of nitro groups is 1. The Kier molecular flexibility index (Phi) is 14.5. The predicted molar refractivity (Wildman–Crippen MR) is 299 cm³/mol. The summed E-state index contributed by atoms with van der Waals surface area (Å²) in [7, 11) is -4.63. The Morgan fingerprint density at radius 2 is 1.68 bits per heavy atom. The van der Waals surface area contributed by atoms with Gasteiger partial charge in [-0.2, -0.15) is 4.98 Å². The SMILES string of the molecule is CC(C)c1ccccc1[C@@H]1C[C@@H](N2CCOCC2)CCN1C1CC2(CCN(c3ccc(C(=O)NS(=O)(=O)c4ccc(NCC5CCC(C)(O)CC5)c([N+](=O)[O-])c4)c(N4c5cc6cc[nH]c6nc5O[C@H]5COCC[C@@H]54)c3)CC2)C1. The number of carbonyl (C=O) groups excluding carboxylic acids is 1. The van der Waals surface area contributed by atoms with E-state index in [1.165, 1.54) is 42.5 Å². The van der Waals surface area contributed by atoms with Crippen molar-refractivity contribution < 1.29 is 37.5 Å². The largest absolute Gasteiger partial charge is 0.468 e. The second kappa shape index (κ2) is 21.3. The van der Waals surface area contributed by atoms with E-state index in [0.29, 0.717) is 86.0 Å². The monoisotopic (exact) mass is 1090 g/mol. The number of morpholine rings is 1. The lowest BCUT2D eigenvalue weighted by Crippen LogP contribution is -2.59. The molecule has 19 heteroatoms. The van der Waals surface area contributed by atoms with Crippen molar-refractivity contribution in [3.63, 3.8) is 0 Å². The number of aromatic nitrogens is 2. The molecule has 2 aliphatic carbocycles. The van der Waals surface area contributed by atoms with Gasteiger partial charge in [0.05, 0.1) is 52.5 Å². The topological polar surface area (TPSA) is 208 Å². The highest BCUT2D eigenvalue weighted by Crippen LogP contribution is 2.55. The number of benzene rings is 3. The first-order valence-corrected chi connectivity index (χ1v) is 30.0. The number of likely N-dealkylation sites (tertiary alicyclic amines) is 1. The van der Waals surface area contributed by atoms with Crippen molar-refractivity contribution in [2.24, 2.45) is 11.3 Å². The minimum Gasteiger partial charge on any atom is -0.468 e. The van der Waals surface area contributed by atoms with Crippen molar-refractivity contribution in [1.29, 1.82) is 0 Å². The van der Waals surface area contributed by atoms with E-state index in [4.69, 9.17) is 19.2 Å². The molecule has 3 aromatic carbocycles. The second-order valence-corrected chi connectivity index (χ2v) is 25.7. The fraction of sp³-hybridized carbons (Fsp3) is 0.559. The molecule has 7 aliphatic rings. The Morgan fingerprint density at radius 3 is 2.45 bits per heavy atom. The van der Waals surface area contributed by atoms with Crippen LogP contribution in [0, 0.1) is 21.4 Å². The molecule has 416 valence electrons. The van der Waals surface area contributed by atoms with Crippen LogP contribution >= 0.6 is 0 Å². The number of amides is 1. The van der Waals surface area contributed by atoms with Crippen molar-refractivity contribution in [2.45, 2.75) is 138 Å². The molecule has 4 atom stereocenters. The number of fused-ring (bicyclic) bond motifs is 3. The maximum absolute atomic E-state index is 14.8. The van der Waals surface area contributed by atoms with E-state index < -0.39 is 43.1 Å². The first kappa shape index (κ1) is 52.8. The zero-order valence-corrected chi connectivity index (χ0v) is 46.0. The summed E-state index contributed by atoms with van der Waals surface area (Å²) in [5, 5.41) is 26.9. The van der Waals surface area contributed by atoms with Gasteiger partial charge < -0.3 is 39.4 Å². The number of hydrogen-bond donors (Lipinski definition) is 4. The molecule has 78 heavy (non-hydrogen) atoms. The molecule has 1 amide bonds. The number of hydrogen-bond acceptors (Lipinski definition) is 15. The lowest BCUT2D eigenvalue weighted by molar-refractivity contribution is -0.384. The van der Waals surface area contributed by atoms with Crippen LogP contribution in [0.2, 0.25) is 0 Å². The van der Waals surface area contributed by atoms with Gasteiger partial charge in [-0.15, -0.1) is 0 Å². The molecule has 18 nitrogen and oxygen atoms in total. The predicted octanol–water partition coefficient (Wildman–Crippen LogP) is 9.04. The molecular formula is C59H75N9O9S. The zero-order valence-electron chi connectivity index (χ0n) is 45.2. The molecule has 5 aromatic rings. The molecule has 0 radical (unpaired) electrons. The van der Waals surface area contributed by atoms with Gasteiger partial charge in [0.2, 0.25) is 5.88 Å². The van der Waals surface area contributed by atoms with Crippen LogP contribution in [-0.4, -0.2) is 140 Å². The summed E-state index contributed by atoms with van der Waals surface area (Å²) < 4.78 is 49.1. The second-order valence-electron chi connectivity index (χ2n) is 24.0. The molecule has 7 heterocycles. The Morgan fingerprint density at radius 1 is 0.897 bits per heavy atom. The van der Waals surface area contributed by atoms with Crippen LogP contribution in [0.4, 0.5) is 28.4 Å². The van der Waals surface area contributed by atoms with Gasteiger partial charge in [0, 0.05) is 87.3 Å². The Hall–Kier alpha value is -5.83. The van der Waals surface area contributed by atoms with Crippen molar-refractivity contribution in [2.75, 3.05) is 80.8 Å². The third kappa shape index (κ3) is 10.5. The van der Waals surface area contributed by atoms with E-state index >= 15 is 0 Å². The summed E-state index contributed by atoms with van der Waals surface area (Å²) in [6.07, 6.45) is 11.5. The van der Waals surface area contributed by atoms with Gasteiger partial charge >= 0.3 is 0 Å². The fourth-order valence-corrected chi connectivity index (χ4v) is 15.2. The van der Waals surface area contributed by atoms with Crippen LogP contribution in [0.5, 0.6) is 5.88 Å². The number of nitrogens with zero attached hydrogens (tertiary/aromatic N) is 6. The smallest absolute Gasteiger partial charge is 0.293 e. The summed E-state index contributed by atoms with van der Waals surface area (Å²) in [4.78, 5) is 44.3. The number of H-pyrrole nitrogens is 1. The highest BCUT2D eigenvalue weighted by molar-refractivity contribution is 7.90. The highest BCUT2D eigenvalue weighted by Gasteiger charge is 2.51. The summed E-state index contributed by atoms with van der Waals surface area (Å²) in [6.45, 7) is 14.1. The molecule has 2 saturated carbocycles. The van der Waals surface area contributed by atoms with E-state index in [0.717, 1.165) is 95.2 Å². The number of carbonyl (C=O) groups is 1. The fourth-order valence-electron chi connectivity index (χ4n) is 14.2. The standard InChI is InChI=1S/C59H75N9O9S/c1-38(2)45-6-4-5-7-46(45)50-31-42(65-25-28-75-29-26-65)15-22-66(50)43-34-59(35-43)19-23-64(24-20-59)41-8-10-47(51(32-41)67-49-16-27-76-37-54(49)77-57-53(67)30-40-14-21-60-55(40)62-57)56(69)63-78(73,74)44-9-11-48(52(33-44)68(71)72)61-36-39-12-17-58(3,70)18-13-39/h4-11,14,21,30,32-33,38-39,42-43,49-50,54,61,70H,12-13,15-20,22-29,31,34-37H2,1-3H3,(H,60,62)(H,63,69)/t39?,42-,49-,50-,54-,58?/m0/s1. The Balaban J connectivity index is 0.806. The quantitative estimate of drug-likeness (QED) is 0.0641. The summed E-state index contributed by atoms with van der Waals surface area (Å²) in [6, 6.07) is 23.5. The number of anilines is 4. The third-order valence-electron chi connectivity index (χ3n) is 18.7. The molecule has 4 saturated heterocycles. The molecule has 6 fully saturated rings. The first-order chi connectivity index (χ1) is 37.6. The van der Waals surface area contributed by atoms with Gasteiger partial charge in [-0.1, -0.05) is 38.1 Å². The lowest BCUT2D eigenvalue weighted by atomic mass is 9.59. The van der Waals surface area contributed by atoms with Crippen molar-refractivity contribution >= 4 is 55.4 Å². The van der Waals surface area contributed by atoms with Crippen LogP contribution < -0.4 is 24.6 Å². The average Bonchev–Trinajstić information content (AvgIpc) is 3.92. The number of nitrogens with one attached hydrogen (secondary N) is 3. The van der Waals surface area contributed by atoms with Gasteiger partial charge in [0.15, 0.2) is 0 Å². The van der Waals surface area contributed by atoms with Crippen LogP contribution in [0.1, 0.15) is 125 Å². The van der Waals surface area contributed by atoms with Crippen LogP contribution in [0.3, 0.4) is 0 Å².